The molecule has 0 saturated carbocycles. The van der Waals surface area contributed by atoms with Crippen LogP contribution >= 0.6 is 0 Å². The van der Waals surface area contributed by atoms with Gasteiger partial charge in [0.2, 0.25) is 0 Å². The molecule has 0 aromatic carbocycles. The molecule has 1 amide bonds. The van der Waals surface area contributed by atoms with E-state index in [-0.39, 0.29) is 5.91 Å². The Morgan fingerprint density at radius 2 is 2.29 bits per heavy atom. The summed E-state index contributed by atoms with van der Waals surface area (Å²) in [5, 5.41) is 3.32. The first-order valence-corrected chi connectivity index (χ1v) is 6.48. The average Bonchev–Trinajstić information content (AvgIpc) is 2.63. The Bertz CT molecular complexity index is 364. The molecule has 1 aliphatic heterocycles. The minimum Gasteiger partial charge on any atom is -0.344 e. The van der Waals surface area contributed by atoms with Gasteiger partial charge in [-0.05, 0) is 31.5 Å². The van der Waals surface area contributed by atoms with Gasteiger partial charge in [0.25, 0.3) is 5.91 Å². The lowest BCUT2D eigenvalue weighted by molar-refractivity contribution is 0.0755. The lowest BCUT2D eigenvalue weighted by Crippen LogP contribution is -2.35. The van der Waals surface area contributed by atoms with Crippen molar-refractivity contribution in [2.45, 2.75) is 26.3 Å². The second kappa shape index (κ2) is 5.87. The van der Waals surface area contributed by atoms with Gasteiger partial charge in [-0.3, -0.25) is 4.79 Å². The maximum absolute atomic E-state index is 12.4. The molecule has 1 saturated heterocycles. The highest BCUT2D eigenvalue weighted by Crippen LogP contribution is 2.09. The van der Waals surface area contributed by atoms with Crippen LogP contribution in [0.15, 0.2) is 18.3 Å². The normalized spacial score (nSPS) is 16.9. The zero-order valence-electron chi connectivity index (χ0n) is 10.5. The van der Waals surface area contributed by atoms with Crippen LogP contribution in [0.3, 0.4) is 0 Å². The molecule has 0 bridgehead atoms. The van der Waals surface area contributed by atoms with Gasteiger partial charge in [0.05, 0.1) is 0 Å². The highest BCUT2D eigenvalue weighted by Gasteiger charge is 2.19. The predicted molar refractivity (Wildman–Crippen MR) is 68.1 cm³/mol. The third-order valence-electron chi connectivity index (χ3n) is 3.14. The maximum Gasteiger partial charge on any atom is 0.270 e. The van der Waals surface area contributed by atoms with Crippen LogP contribution in [0.25, 0.3) is 0 Å². The van der Waals surface area contributed by atoms with Crippen molar-refractivity contribution in [2.75, 3.05) is 26.2 Å². The Morgan fingerprint density at radius 3 is 3.12 bits per heavy atom. The molecule has 0 unspecified atom stereocenters. The molecular weight excluding hydrogens is 214 g/mol. The standard InChI is InChI=1S/C13H21N3O/c1-2-8-15-9-3-5-12(15)13(17)16-10-4-6-14-7-11-16/h3,5,9,14H,2,4,6-8,10-11H2,1H3. The van der Waals surface area contributed by atoms with E-state index in [0.29, 0.717) is 0 Å². The molecular formula is C13H21N3O. The summed E-state index contributed by atoms with van der Waals surface area (Å²) in [6.45, 7) is 6.64. The van der Waals surface area contributed by atoms with Crippen LogP contribution in [-0.2, 0) is 6.54 Å². The molecule has 0 aliphatic carbocycles. The molecule has 0 atom stereocenters. The van der Waals surface area contributed by atoms with Crippen LogP contribution in [0.2, 0.25) is 0 Å². The van der Waals surface area contributed by atoms with Crippen molar-refractivity contribution < 1.29 is 4.79 Å². The monoisotopic (exact) mass is 235 g/mol. The van der Waals surface area contributed by atoms with Crippen LogP contribution in [0.1, 0.15) is 30.3 Å². The predicted octanol–water partition coefficient (Wildman–Crippen LogP) is 1.33. The average molecular weight is 235 g/mol. The Kier molecular flexibility index (Phi) is 4.20. The molecule has 1 aromatic rings. The van der Waals surface area contributed by atoms with Gasteiger partial charge in [-0.1, -0.05) is 6.92 Å². The van der Waals surface area contributed by atoms with Gasteiger partial charge in [0.15, 0.2) is 0 Å². The molecule has 1 N–H and O–H groups in total. The number of carbonyl (C=O) groups is 1. The molecule has 1 fully saturated rings. The van der Waals surface area contributed by atoms with Crippen LogP contribution in [0.4, 0.5) is 0 Å². The number of nitrogens with one attached hydrogen (secondary N) is 1. The zero-order chi connectivity index (χ0) is 12.1. The molecule has 94 valence electrons. The second-order valence-electron chi connectivity index (χ2n) is 4.48. The van der Waals surface area contributed by atoms with Crippen molar-refractivity contribution in [3.05, 3.63) is 24.0 Å². The Labute approximate surface area is 103 Å². The number of hydrogen-bond acceptors (Lipinski definition) is 2. The minimum absolute atomic E-state index is 0.173. The summed E-state index contributed by atoms with van der Waals surface area (Å²) in [5.41, 5.74) is 0.828. The van der Waals surface area contributed by atoms with Crippen LogP contribution in [0, 0.1) is 0 Å². The summed E-state index contributed by atoms with van der Waals surface area (Å²) < 4.78 is 2.06. The number of aryl methyl sites for hydroxylation is 1. The third kappa shape index (κ3) is 2.88. The quantitative estimate of drug-likeness (QED) is 0.858. The van der Waals surface area contributed by atoms with Crippen molar-refractivity contribution in [3.8, 4) is 0 Å². The van der Waals surface area contributed by atoms with Gasteiger partial charge in [0, 0.05) is 32.4 Å². The summed E-state index contributed by atoms with van der Waals surface area (Å²) in [7, 11) is 0. The van der Waals surface area contributed by atoms with E-state index in [1.807, 2.05) is 23.2 Å². The van der Waals surface area contributed by atoms with Crippen LogP contribution in [0.5, 0.6) is 0 Å². The van der Waals surface area contributed by atoms with Gasteiger partial charge >= 0.3 is 0 Å². The Hall–Kier alpha value is -1.29. The number of amides is 1. The summed E-state index contributed by atoms with van der Waals surface area (Å²) in [5.74, 6) is 0.173. The van der Waals surface area contributed by atoms with E-state index >= 15 is 0 Å². The first-order valence-electron chi connectivity index (χ1n) is 6.48. The summed E-state index contributed by atoms with van der Waals surface area (Å²) in [6.07, 6.45) is 4.09. The summed E-state index contributed by atoms with van der Waals surface area (Å²) in [4.78, 5) is 14.3. The van der Waals surface area contributed by atoms with Crippen molar-refractivity contribution in [2.24, 2.45) is 0 Å². The highest BCUT2D eigenvalue weighted by atomic mass is 16.2. The van der Waals surface area contributed by atoms with E-state index in [1.165, 1.54) is 0 Å². The molecule has 0 radical (unpaired) electrons. The minimum atomic E-state index is 0.173. The fraction of sp³-hybridized carbons (Fsp3) is 0.615. The third-order valence-corrected chi connectivity index (χ3v) is 3.14. The molecule has 4 heteroatoms. The summed E-state index contributed by atoms with van der Waals surface area (Å²) >= 11 is 0. The lowest BCUT2D eigenvalue weighted by atomic mass is 10.3. The fourth-order valence-corrected chi connectivity index (χ4v) is 2.25. The van der Waals surface area contributed by atoms with Crippen molar-refractivity contribution >= 4 is 5.91 Å². The van der Waals surface area contributed by atoms with E-state index in [1.54, 1.807) is 0 Å². The van der Waals surface area contributed by atoms with Crippen molar-refractivity contribution in [3.63, 3.8) is 0 Å². The zero-order valence-corrected chi connectivity index (χ0v) is 10.5. The van der Waals surface area contributed by atoms with Gasteiger partial charge in [-0.25, -0.2) is 0 Å². The Balaban J connectivity index is 2.09. The largest absolute Gasteiger partial charge is 0.344 e. The maximum atomic E-state index is 12.4. The SMILES string of the molecule is CCCn1cccc1C(=O)N1CCCNCC1. The summed E-state index contributed by atoms with van der Waals surface area (Å²) in [6, 6.07) is 3.88. The molecule has 1 aliphatic rings. The molecule has 17 heavy (non-hydrogen) atoms. The van der Waals surface area contributed by atoms with Gasteiger partial charge < -0.3 is 14.8 Å². The van der Waals surface area contributed by atoms with Crippen LogP contribution in [-0.4, -0.2) is 41.6 Å². The number of hydrogen-bond donors (Lipinski definition) is 1. The molecule has 2 rings (SSSR count). The van der Waals surface area contributed by atoms with Gasteiger partial charge in [0.1, 0.15) is 5.69 Å². The van der Waals surface area contributed by atoms with Gasteiger partial charge in [-0.2, -0.15) is 0 Å². The number of carbonyl (C=O) groups excluding carboxylic acids is 1. The molecule has 1 aromatic heterocycles. The number of nitrogens with zero attached hydrogens (tertiary/aromatic N) is 2. The first-order chi connectivity index (χ1) is 8.33. The fourth-order valence-electron chi connectivity index (χ4n) is 2.25. The molecule has 0 spiro atoms. The molecule has 2 heterocycles. The van der Waals surface area contributed by atoms with E-state index in [2.05, 4.69) is 16.8 Å². The smallest absolute Gasteiger partial charge is 0.270 e. The second-order valence-corrected chi connectivity index (χ2v) is 4.48. The molecule has 4 nitrogen and oxygen atoms in total. The lowest BCUT2D eigenvalue weighted by Gasteiger charge is -2.20. The highest BCUT2D eigenvalue weighted by molar-refractivity contribution is 5.92. The van der Waals surface area contributed by atoms with Crippen molar-refractivity contribution in [1.82, 2.24) is 14.8 Å². The number of aromatic nitrogens is 1. The van der Waals surface area contributed by atoms with Crippen LogP contribution < -0.4 is 5.32 Å². The van der Waals surface area contributed by atoms with E-state index in [0.717, 1.165) is 51.3 Å². The number of rotatable bonds is 3. The van der Waals surface area contributed by atoms with E-state index in [9.17, 15) is 4.79 Å². The first kappa shape index (κ1) is 12.2. The van der Waals surface area contributed by atoms with Crippen molar-refractivity contribution in [1.29, 1.82) is 0 Å². The van der Waals surface area contributed by atoms with E-state index < -0.39 is 0 Å². The van der Waals surface area contributed by atoms with E-state index in [4.69, 9.17) is 0 Å². The van der Waals surface area contributed by atoms with Gasteiger partial charge in [-0.15, -0.1) is 0 Å². The topological polar surface area (TPSA) is 37.3 Å². The Morgan fingerprint density at radius 1 is 1.41 bits per heavy atom.